The molecule has 2 heterocycles. The summed E-state index contributed by atoms with van der Waals surface area (Å²) in [4.78, 5) is 36.6. The Balaban J connectivity index is 1.66. The second kappa shape index (κ2) is 6.45. The van der Waals surface area contributed by atoms with Crippen LogP contribution in [-0.2, 0) is 11.3 Å². The lowest BCUT2D eigenvalue weighted by molar-refractivity contribution is -0.385. The predicted molar refractivity (Wildman–Crippen MR) is 92.7 cm³/mol. The molecule has 0 spiro atoms. The highest BCUT2D eigenvalue weighted by molar-refractivity contribution is 6.14. The van der Waals surface area contributed by atoms with Crippen LogP contribution in [0.5, 0.6) is 11.5 Å². The Morgan fingerprint density at radius 1 is 1.15 bits per heavy atom. The average Bonchev–Trinajstić information content (AvgIpc) is 3.21. The highest BCUT2D eigenvalue weighted by Crippen LogP contribution is 2.38. The number of hydrogen-bond acceptors (Lipinski definition) is 6. The standard InChI is InChI=1S/C18H13N3O6/c22-17-13(19-18(23)20(17)9-11-4-2-1-3-5-11)6-12-7-15-16(27-10-26-15)8-14(12)21(24)25/h1-8H,9-10H2,(H,19,23)/b13-6-. The number of carbonyl (C=O) groups excluding carboxylic acids is 2. The van der Waals surface area contributed by atoms with E-state index in [1.54, 1.807) is 24.3 Å². The predicted octanol–water partition coefficient (Wildman–Crippen LogP) is 2.42. The number of amides is 3. The molecule has 9 nitrogen and oxygen atoms in total. The van der Waals surface area contributed by atoms with E-state index in [1.807, 2.05) is 6.07 Å². The molecule has 1 fully saturated rings. The number of rotatable bonds is 4. The molecule has 136 valence electrons. The van der Waals surface area contributed by atoms with Gasteiger partial charge in [-0.05, 0) is 17.7 Å². The molecule has 2 aliphatic rings. The first-order valence-electron chi connectivity index (χ1n) is 7.99. The molecule has 0 atom stereocenters. The fraction of sp³-hybridized carbons (Fsp3) is 0.111. The zero-order valence-corrected chi connectivity index (χ0v) is 13.9. The van der Waals surface area contributed by atoms with Crippen LogP contribution in [0.3, 0.4) is 0 Å². The summed E-state index contributed by atoms with van der Waals surface area (Å²) in [5, 5.41) is 13.8. The van der Waals surface area contributed by atoms with Crippen LogP contribution in [0.25, 0.3) is 6.08 Å². The van der Waals surface area contributed by atoms with Crippen LogP contribution in [-0.4, -0.2) is 28.6 Å². The van der Waals surface area contributed by atoms with Crippen LogP contribution in [0, 0.1) is 10.1 Å². The number of benzene rings is 2. The summed E-state index contributed by atoms with van der Waals surface area (Å²) in [6.45, 7) is 0.0686. The molecule has 0 bridgehead atoms. The minimum absolute atomic E-state index is 0.0347. The normalized spacial score (nSPS) is 16.7. The quantitative estimate of drug-likeness (QED) is 0.384. The van der Waals surface area contributed by atoms with Crippen molar-refractivity contribution in [2.75, 3.05) is 6.79 Å². The lowest BCUT2D eigenvalue weighted by Crippen LogP contribution is -2.30. The molecule has 0 radical (unpaired) electrons. The minimum Gasteiger partial charge on any atom is -0.454 e. The molecule has 2 aromatic carbocycles. The summed E-state index contributed by atoms with van der Waals surface area (Å²) >= 11 is 0. The van der Waals surface area contributed by atoms with Crippen LogP contribution in [0.15, 0.2) is 48.2 Å². The van der Waals surface area contributed by atoms with Crippen LogP contribution < -0.4 is 14.8 Å². The maximum Gasteiger partial charge on any atom is 0.329 e. The number of hydrogen-bond donors (Lipinski definition) is 1. The number of nitro benzene ring substituents is 1. The highest BCUT2D eigenvalue weighted by Gasteiger charge is 2.34. The number of nitro groups is 1. The Hall–Kier alpha value is -3.88. The lowest BCUT2D eigenvalue weighted by Gasteiger charge is -2.11. The number of urea groups is 1. The van der Waals surface area contributed by atoms with Gasteiger partial charge >= 0.3 is 6.03 Å². The Morgan fingerprint density at radius 2 is 1.85 bits per heavy atom. The van der Waals surface area contributed by atoms with E-state index in [-0.39, 0.29) is 36.0 Å². The second-order valence-electron chi connectivity index (χ2n) is 5.89. The van der Waals surface area contributed by atoms with Gasteiger partial charge in [-0.3, -0.25) is 19.8 Å². The van der Waals surface area contributed by atoms with Crippen molar-refractivity contribution >= 4 is 23.7 Å². The van der Waals surface area contributed by atoms with Crippen LogP contribution in [0.4, 0.5) is 10.5 Å². The fourth-order valence-electron chi connectivity index (χ4n) is 2.86. The van der Waals surface area contributed by atoms with Crippen molar-refractivity contribution in [2.24, 2.45) is 0 Å². The number of imide groups is 1. The van der Waals surface area contributed by atoms with Gasteiger partial charge in [-0.1, -0.05) is 30.3 Å². The monoisotopic (exact) mass is 367 g/mol. The summed E-state index contributed by atoms with van der Waals surface area (Å²) in [6.07, 6.45) is 1.27. The first-order valence-corrected chi connectivity index (χ1v) is 7.99. The number of nitrogens with one attached hydrogen (secondary N) is 1. The van der Waals surface area contributed by atoms with Crippen LogP contribution in [0.1, 0.15) is 11.1 Å². The van der Waals surface area contributed by atoms with E-state index in [1.165, 1.54) is 18.2 Å². The molecule has 3 amide bonds. The molecule has 27 heavy (non-hydrogen) atoms. The van der Waals surface area contributed by atoms with E-state index in [2.05, 4.69) is 5.32 Å². The Labute approximate surface area is 152 Å². The third-order valence-corrected chi connectivity index (χ3v) is 4.16. The Kier molecular flexibility index (Phi) is 3.96. The largest absolute Gasteiger partial charge is 0.454 e. The van der Waals surface area contributed by atoms with E-state index in [0.29, 0.717) is 5.75 Å². The highest BCUT2D eigenvalue weighted by atomic mass is 16.7. The molecule has 0 unspecified atom stereocenters. The number of ether oxygens (including phenoxy) is 2. The Bertz CT molecular complexity index is 986. The molecular weight excluding hydrogens is 354 g/mol. The molecular formula is C18H13N3O6. The van der Waals surface area contributed by atoms with Crippen LogP contribution in [0.2, 0.25) is 0 Å². The molecule has 0 aromatic heterocycles. The van der Waals surface area contributed by atoms with Crippen molar-refractivity contribution in [3.63, 3.8) is 0 Å². The SMILES string of the molecule is O=C1N/C(=C\c2cc3c(cc2[N+](=O)[O-])OCO3)C(=O)N1Cc1ccccc1. The second-order valence-corrected chi connectivity index (χ2v) is 5.89. The molecule has 2 aliphatic heterocycles. The van der Waals surface area contributed by atoms with Gasteiger partial charge in [-0.15, -0.1) is 0 Å². The topological polar surface area (TPSA) is 111 Å². The van der Waals surface area contributed by atoms with Gasteiger partial charge in [0, 0.05) is 0 Å². The molecule has 0 saturated carbocycles. The summed E-state index contributed by atoms with van der Waals surface area (Å²) < 4.78 is 10.4. The van der Waals surface area contributed by atoms with Crippen molar-refractivity contribution < 1.29 is 24.0 Å². The Morgan fingerprint density at radius 3 is 2.56 bits per heavy atom. The number of fused-ring (bicyclic) bond motifs is 1. The molecule has 4 rings (SSSR count). The number of carbonyl (C=O) groups is 2. The molecule has 1 N–H and O–H groups in total. The van der Waals surface area contributed by atoms with Gasteiger partial charge in [0.05, 0.1) is 23.1 Å². The maximum absolute atomic E-state index is 12.6. The van der Waals surface area contributed by atoms with E-state index in [4.69, 9.17) is 9.47 Å². The van der Waals surface area contributed by atoms with Crippen LogP contribution >= 0.6 is 0 Å². The van der Waals surface area contributed by atoms with E-state index >= 15 is 0 Å². The molecule has 0 aliphatic carbocycles. The van der Waals surface area contributed by atoms with Crippen molar-refractivity contribution in [3.05, 3.63) is 69.4 Å². The van der Waals surface area contributed by atoms with Crippen molar-refractivity contribution in [1.82, 2.24) is 10.2 Å². The van der Waals surface area contributed by atoms with Gasteiger partial charge in [0.1, 0.15) is 5.70 Å². The molecule has 1 saturated heterocycles. The van der Waals surface area contributed by atoms with Gasteiger partial charge in [0.2, 0.25) is 6.79 Å². The first-order chi connectivity index (χ1) is 13.0. The first kappa shape index (κ1) is 16.6. The zero-order valence-electron chi connectivity index (χ0n) is 13.9. The summed E-state index contributed by atoms with van der Waals surface area (Å²) in [7, 11) is 0. The van der Waals surface area contributed by atoms with Gasteiger partial charge in [0.25, 0.3) is 11.6 Å². The van der Waals surface area contributed by atoms with E-state index in [9.17, 15) is 19.7 Å². The van der Waals surface area contributed by atoms with Gasteiger partial charge in [0.15, 0.2) is 11.5 Å². The third-order valence-electron chi connectivity index (χ3n) is 4.16. The van der Waals surface area contributed by atoms with Gasteiger partial charge in [-0.2, -0.15) is 0 Å². The smallest absolute Gasteiger partial charge is 0.329 e. The van der Waals surface area contributed by atoms with Crippen molar-refractivity contribution in [3.8, 4) is 11.5 Å². The average molecular weight is 367 g/mol. The zero-order chi connectivity index (χ0) is 19.0. The van der Waals surface area contributed by atoms with Crippen molar-refractivity contribution in [2.45, 2.75) is 6.54 Å². The maximum atomic E-state index is 12.6. The molecule has 2 aromatic rings. The molecule has 9 heteroatoms. The fourth-order valence-corrected chi connectivity index (χ4v) is 2.86. The third kappa shape index (κ3) is 3.06. The van der Waals surface area contributed by atoms with Crippen molar-refractivity contribution in [1.29, 1.82) is 0 Å². The lowest BCUT2D eigenvalue weighted by atomic mass is 10.1. The van der Waals surface area contributed by atoms with E-state index in [0.717, 1.165) is 10.5 Å². The number of nitrogens with zero attached hydrogens (tertiary/aromatic N) is 2. The van der Waals surface area contributed by atoms with Gasteiger partial charge < -0.3 is 14.8 Å². The summed E-state index contributed by atoms with van der Waals surface area (Å²) in [5.41, 5.74) is 0.624. The van der Waals surface area contributed by atoms with E-state index < -0.39 is 16.9 Å². The summed E-state index contributed by atoms with van der Waals surface area (Å²) in [6, 6.07) is 11.1. The minimum atomic E-state index is -0.586. The van der Waals surface area contributed by atoms with Gasteiger partial charge in [-0.25, -0.2) is 4.79 Å². The summed E-state index contributed by atoms with van der Waals surface area (Å²) in [5.74, 6) is 0.0394.